The summed E-state index contributed by atoms with van der Waals surface area (Å²) in [6.45, 7) is 0. The molecular formula is C22H18N4O4S2. The molecule has 162 valence electrons. The molecule has 0 bridgehead atoms. The number of benzene rings is 2. The van der Waals surface area contributed by atoms with Crippen LogP contribution in [0.1, 0.15) is 11.1 Å². The number of nitrogens with two attached hydrogens (primary N) is 1. The zero-order chi connectivity index (χ0) is 22.7. The number of anilines is 1. The number of rotatable bonds is 7. The lowest BCUT2D eigenvalue weighted by molar-refractivity contribution is 0.414. The molecule has 0 atom stereocenters. The van der Waals surface area contributed by atoms with Crippen molar-refractivity contribution < 1.29 is 13.9 Å². The fourth-order valence-corrected chi connectivity index (χ4v) is 4.15. The van der Waals surface area contributed by atoms with Crippen LogP contribution in [0.2, 0.25) is 0 Å². The third-order valence-corrected chi connectivity index (χ3v) is 5.74. The van der Waals surface area contributed by atoms with E-state index >= 15 is 0 Å². The van der Waals surface area contributed by atoms with Crippen molar-refractivity contribution in [2.24, 2.45) is 10.8 Å². The molecule has 4 rings (SSSR count). The van der Waals surface area contributed by atoms with Gasteiger partial charge in [0.25, 0.3) is 0 Å². The van der Waals surface area contributed by atoms with E-state index in [2.05, 4.69) is 15.5 Å². The van der Waals surface area contributed by atoms with Gasteiger partial charge in [0.2, 0.25) is 10.8 Å². The highest BCUT2D eigenvalue weighted by Crippen LogP contribution is 2.36. The van der Waals surface area contributed by atoms with Gasteiger partial charge in [0, 0.05) is 5.56 Å². The van der Waals surface area contributed by atoms with Crippen LogP contribution >= 0.6 is 23.6 Å². The van der Waals surface area contributed by atoms with Crippen LogP contribution in [0.5, 0.6) is 11.5 Å². The zero-order valence-electron chi connectivity index (χ0n) is 17.1. The van der Waals surface area contributed by atoms with Gasteiger partial charge < -0.3 is 19.6 Å². The highest BCUT2D eigenvalue weighted by molar-refractivity contribution is 7.80. The fourth-order valence-electron chi connectivity index (χ4n) is 3.04. The van der Waals surface area contributed by atoms with Crippen LogP contribution in [0.3, 0.4) is 0 Å². The summed E-state index contributed by atoms with van der Waals surface area (Å²) in [6, 6.07) is 14.7. The minimum Gasteiger partial charge on any atom is -0.497 e. The first-order valence-electron chi connectivity index (χ1n) is 9.35. The maximum absolute atomic E-state index is 12.6. The second kappa shape index (κ2) is 9.16. The highest BCUT2D eigenvalue weighted by Gasteiger charge is 2.21. The van der Waals surface area contributed by atoms with E-state index in [1.165, 1.54) is 11.3 Å². The minimum absolute atomic E-state index is 0.0492. The summed E-state index contributed by atoms with van der Waals surface area (Å²) in [7, 11) is 3.19. The molecule has 0 aliphatic carbocycles. The third kappa shape index (κ3) is 4.32. The average molecular weight is 467 g/mol. The van der Waals surface area contributed by atoms with Crippen molar-refractivity contribution in [3.8, 4) is 22.6 Å². The number of hydrogen-bond donors (Lipinski definition) is 2. The van der Waals surface area contributed by atoms with Gasteiger partial charge in [0.05, 0.1) is 20.4 Å². The second-order valence-electron chi connectivity index (χ2n) is 6.53. The molecule has 3 N–H and O–H groups in total. The Kier molecular flexibility index (Phi) is 6.15. The summed E-state index contributed by atoms with van der Waals surface area (Å²) in [5, 5.41) is 4.66. The number of ether oxygens (including phenoxy) is 2. The normalized spacial score (nSPS) is 11.1. The first kappa shape index (κ1) is 21.5. The Balaban J connectivity index is 1.73. The van der Waals surface area contributed by atoms with Crippen LogP contribution in [0.25, 0.3) is 21.5 Å². The van der Waals surface area contributed by atoms with Crippen molar-refractivity contribution in [3.05, 3.63) is 70.1 Å². The largest absolute Gasteiger partial charge is 0.497 e. The average Bonchev–Trinajstić information content (AvgIpc) is 3.20. The lowest BCUT2D eigenvalue weighted by Crippen LogP contribution is -2.21. The topological polar surface area (TPSA) is 112 Å². The van der Waals surface area contributed by atoms with E-state index < -0.39 is 5.63 Å². The van der Waals surface area contributed by atoms with Crippen molar-refractivity contribution in [1.82, 2.24) is 4.98 Å². The molecule has 0 spiro atoms. The molecule has 0 aliphatic heterocycles. The summed E-state index contributed by atoms with van der Waals surface area (Å²) < 4.78 is 16.4. The number of hydrogen-bond acceptors (Lipinski definition) is 9. The van der Waals surface area contributed by atoms with Crippen LogP contribution in [0.4, 0.5) is 5.13 Å². The standard InChI is InChI=1S/C22H18N4O4S2/c1-28-14-7-3-12(4-8-14)11-24-26-22-25-20-18(32-22)16(17(19(23)31)21(27)30-20)13-5-9-15(29-2)10-6-13/h3-11H,1-2H3,(H2,23,31)(H,25,26)/b24-11+. The molecule has 0 amide bonds. The number of aromatic nitrogens is 1. The summed E-state index contributed by atoms with van der Waals surface area (Å²) in [4.78, 5) is 16.9. The van der Waals surface area contributed by atoms with Crippen LogP contribution in [-0.2, 0) is 0 Å². The van der Waals surface area contributed by atoms with Gasteiger partial charge in [-0.3, -0.25) is 5.43 Å². The van der Waals surface area contributed by atoms with Gasteiger partial charge >= 0.3 is 5.63 Å². The number of hydrazone groups is 1. The van der Waals surface area contributed by atoms with Gasteiger partial charge in [-0.15, -0.1) is 0 Å². The maximum Gasteiger partial charge on any atom is 0.348 e. The molecule has 2 aromatic heterocycles. The highest BCUT2D eigenvalue weighted by atomic mass is 32.1. The van der Waals surface area contributed by atoms with Crippen molar-refractivity contribution in [2.45, 2.75) is 0 Å². The maximum atomic E-state index is 12.6. The molecule has 0 saturated heterocycles. The Bertz CT molecular complexity index is 1360. The molecule has 32 heavy (non-hydrogen) atoms. The predicted octanol–water partition coefficient (Wildman–Crippen LogP) is 4.01. The van der Waals surface area contributed by atoms with Gasteiger partial charge in [0.15, 0.2) is 0 Å². The summed E-state index contributed by atoms with van der Waals surface area (Å²) in [5.74, 6) is 1.44. The van der Waals surface area contributed by atoms with Crippen molar-refractivity contribution in [3.63, 3.8) is 0 Å². The number of thiocarbonyl (C=S) groups is 1. The minimum atomic E-state index is -0.644. The summed E-state index contributed by atoms with van der Waals surface area (Å²) in [6.07, 6.45) is 1.65. The number of nitrogens with one attached hydrogen (secondary N) is 1. The van der Waals surface area contributed by atoms with E-state index in [4.69, 9.17) is 31.8 Å². The first-order valence-corrected chi connectivity index (χ1v) is 10.6. The smallest absolute Gasteiger partial charge is 0.348 e. The van der Waals surface area contributed by atoms with Crippen molar-refractivity contribution in [1.29, 1.82) is 0 Å². The molecular weight excluding hydrogens is 448 g/mol. The van der Waals surface area contributed by atoms with E-state index in [0.717, 1.165) is 16.9 Å². The molecule has 0 saturated carbocycles. The van der Waals surface area contributed by atoms with Crippen LogP contribution in [0, 0.1) is 0 Å². The molecule has 10 heteroatoms. The molecule has 0 radical (unpaired) electrons. The van der Waals surface area contributed by atoms with E-state index in [0.29, 0.717) is 21.1 Å². The summed E-state index contributed by atoms with van der Waals surface area (Å²) >= 11 is 6.40. The lowest BCUT2D eigenvalue weighted by Gasteiger charge is -2.08. The van der Waals surface area contributed by atoms with Crippen molar-refractivity contribution in [2.75, 3.05) is 19.6 Å². The van der Waals surface area contributed by atoms with E-state index in [-0.39, 0.29) is 16.3 Å². The lowest BCUT2D eigenvalue weighted by atomic mass is 10.0. The van der Waals surface area contributed by atoms with Gasteiger partial charge in [-0.05, 0) is 47.5 Å². The van der Waals surface area contributed by atoms with Gasteiger partial charge in [-0.25, -0.2) is 4.79 Å². The number of methoxy groups -OCH3 is 2. The Morgan fingerprint density at radius 1 is 1.12 bits per heavy atom. The number of thiazole rings is 1. The van der Waals surface area contributed by atoms with Crippen LogP contribution < -0.4 is 26.3 Å². The second-order valence-corrected chi connectivity index (χ2v) is 7.97. The molecule has 8 nitrogen and oxygen atoms in total. The Hall–Kier alpha value is -3.76. The third-order valence-electron chi connectivity index (χ3n) is 4.58. The van der Waals surface area contributed by atoms with E-state index in [1.54, 1.807) is 32.6 Å². The summed E-state index contributed by atoms with van der Waals surface area (Å²) in [5.41, 5.74) is 10.6. The molecule has 2 aromatic carbocycles. The van der Waals surface area contributed by atoms with Gasteiger partial charge in [0.1, 0.15) is 26.8 Å². The molecule has 0 unspecified atom stereocenters. The fraction of sp³-hybridized carbons (Fsp3) is 0.0909. The molecule has 0 fully saturated rings. The van der Waals surface area contributed by atoms with Gasteiger partial charge in [-0.2, -0.15) is 10.1 Å². The van der Waals surface area contributed by atoms with Crippen molar-refractivity contribution >= 4 is 50.3 Å². The molecule has 0 aliphatic rings. The zero-order valence-corrected chi connectivity index (χ0v) is 18.8. The van der Waals surface area contributed by atoms with Crippen LogP contribution in [-0.4, -0.2) is 30.4 Å². The van der Waals surface area contributed by atoms with Crippen LogP contribution in [0.15, 0.2) is 62.8 Å². The van der Waals surface area contributed by atoms with E-state index in [1.807, 2.05) is 36.4 Å². The number of fused-ring (bicyclic) bond motifs is 1. The predicted molar refractivity (Wildman–Crippen MR) is 130 cm³/mol. The quantitative estimate of drug-likeness (QED) is 0.239. The van der Waals surface area contributed by atoms with E-state index in [9.17, 15) is 4.79 Å². The molecule has 4 aromatic rings. The first-order chi connectivity index (χ1) is 15.5. The van der Waals surface area contributed by atoms with Gasteiger partial charge in [-0.1, -0.05) is 35.7 Å². The Morgan fingerprint density at radius 2 is 1.75 bits per heavy atom. The Labute approximate surface area is 192 Å². The SMILES string of the molecule is COc1ccc(/C=N/Nc2nc3oc(=O)c(C(N)=S)c(-c4ccc(OC)cc4)c3s2)cc1. The number of nitrogens with zero attached hydrogens (tertiary/aromatic N) is 2. The molecule has 2 heterocycles. The monoisotopic (exact) mass is 466 g/mol. The Morgan fingerprint density at radius 3 is 2.34 bits per heavy atom.